The largest absolute Gasteiger partial charge is 0.352 e. The van der Waals surface area contributed by atoms with Crippen LogP contribution >= 0.6 is 11.6 Å². The zero-order chi connectivity index (χ0) is 24.6. The molecule has 180 valence electrons. The third kappa shape index (κ3) is 7.55. The number of carbonyl (C=O) groups is 2. The predicted octanol–water partition coefficient (Wildman–Crippen LogP) is 3.68. The Hall–Kier alpha value is -2.42. The number of halogens is 1. The molecule has 0 bridgehead atoms. The molecule has 0 aromatic heterocycles. The van der Waals surface area contributed by atoms with Crippen LogP contribution in [-0.2, 0) is 26.2 Å². The lowest BCUT2D eigenvalue weighted by Gasteiger charge is -2.30. The van der Waals surface area contributed by atoms with Crippen molar-refractivity contribution in [2.24, 2.45) is 0 Å². The Morgan fingerprint density at radius 1 is 1.00 bits per heavy atom. The first-order chi connectivity index (χ1) is 15.5. The second kappa shape index (κ2) is 12.2. The van der Waals surface area contributed by atoms with Crippen LogP contribution < -0.4 is 5.32 Å². The second-order valence-electron chi connectivity index (χ2n) is 8.20. The molecule has 0 saturated heterocycles. The number of nitrogens with one attached hydrogen (secondary N) is 1. The summed E-state index contributed by atoms with van der Waals surface area (Å²) in [4.78, 5) is 27.4. The van der Waals surface area contributed by atoms with E-state index in [1.807, 2.05) is 26.0 Å². The molecule has 0 unspecified atom stereocenters. The van der Waals surface area contributed by atoms with Gasteiger partial charge >= 0.3 is 0 Å². The summed E-state index contributed by atoms with van der Waals surface area (Å²) in [5.74, 6) is -0.499. The maximum Gasteiger partial charge on any atom is 0.242 e. The second-order valence-corrected chi connectivity index (χ2v) is 10.6. The summed E-state index contributed by atoms with van der Waals surface area (Å²) >= 11 is 6.28. The molecular formula is C24H32ClN3O4S. The third-order valence-electron chi connectivity index (χ3n) is 5.21. The Bertz CT molecular complexity index is 1040. The highest BCUT2D eigenvalue weighted by Gasteiger charge is 2.27. The van der Waals surface area contributed by atoms with Crippen LogP contribution in [0, 0.1) is 0 Å². The highest BCUT2D eigenvalue weighted by Crippen LogP contribution is 2.20. The number of hydrogen-bond donors (Lipinski definition) is 1. The van der Waals surface area contributed by atoms with Crippen molar-refractivity contribution in [3.8, 4) is 0 Å². The van der Waals surface area contributed by atoms with Crippen molar-refractivity contribution in [2.45, 2.75) is 57.1 Å². The Morgan fingerprint density at radius 2 is 1.61 bits per heavy atom. The van der Waals surface area contributed by atoms with E-state index in [2.05, 4.69) is 5.32 Å². The minimum atomic E-state index is -3.63. The minimum absolute atomic E-state index is 0.0611. The summed E-state index contributed by atoms with van der Waals surface area (Å²) in [6, 6.07) is 14.6. The average molecular weight is 494 g/mol. The van der Waals surface area contributed by atoms with Gasteiger partial charge in [0, 0.05) is 37.6 Å². The van der Waals surface area contributed by atoms with Gasteiger partial charge < -0.3 is 10.2 Å². The number of hydrogen-bond acceptors (Lipinski definition) is 4. The van der Waals surface area contributed by atoms with E-state index < -0.39 is 16.1 Å². The van der Waals surface area contributed by atoms with Crippen LogP contribution in [0.4, 0.5) is 0 Å². The normalized spacial score (nSPS) is 12.6. The number of carbonyl (C=O) groups excluding carboxylic acids is 2. The number of rotatable bonds is 11. The molecule has 7 nitrogen and oxygen atoms in total. The van der Waals surface area contributed by atoms with Gasteiger partial charge in [0.1, 0.15) is 6.04 Å². The van der Waals surface area contributed by atoms with Gasteiger partial charge in [-0.3, -0.25) is 9.59 Å². The summed E-state index contributed by atoms with van der Waals surface area (Å²) in [5.41, 5.74) is 0.737. The fraction of sp³-hybridized carbons (Fsp3) is 0.417. The molecule has 0 aliphatic carbocycles. The molecule has 0 aliphatic rings. The number of amides is 2. The van der Waals surface area contributed by atoms with Crippen LogP contribution in [0.5, 0.6) is 0 Å². The summed E-state index contributed by atoms with van der Waals surface area (Å²) in [6.45, 7) is 5.75. The summed E-state index contributed by atoms with van der Waals surface area (Å²) in [6.07, 6.45) is 0.414. The summed E-state index contributed by atoms with van der Waals surface area (Å²) in [7, 11) is -2.13. The first-order valence-corrected chi connectivity index (χ1v) is 12.7. The van der Waals surface area contributed by atoms with Gasteiger partial charge in [-0.25, -0.2) is 12.7 Å². The average Bonchev–Trinajstić information content (AvgIpc) is 2.78. The highest BCUT2D eigenvalue weighted by molar-refractivity contribution is 7.89. The van der Waals surface area contributed by atoms with Gasteiger partial charge in [-0.1, -0.05) is 48.0 Å². The van der Waals surface area contributed by atoms with Gasteiger partial charge in [0.2, 0.25) is 21.8 Å². The molecule has 2 aromatic carbocycles. The van der Waals surface area contributed by atoms with E-state index in [0.29, 0.717) is 11.4 Å². The van der Waals surface area contributed by atoms with Gasteiger partial charge in [-0.05, 0) is 51.0 Å². The van der Waals surface area contributed by atoms with E-state index in [1.54, 1.807) is 37.3 Å². The van der Waals surface area contributed by atoms with Crippen molar-refractivity contribution >= 4 is 33.4 Å². The molecular weight excluding hydrogens is 462 g/mol. The third-order valence-corrected chi connectivity index (χ3v) is 7.45. The Morgan fingerprint density at radius 3 is 2.21 bits per heavy atom. The quantitative estimate of drug-likeness (QED) is 0.517. The number of sulfonamides is 1. The van der Waals surface area contributed by atoms with E-state index in [0.717, 1.165) is 5.56 Å². The Labute approximate surface area is 201 Å². The van der Waals surface area contributed by atoms with E-state index in [4.69, 9.17) is 11.6 Å². The fourth-order valence-electron chi connectivity index (χ4n) is 3.29. The maximum absolute atomic E-state index is 13.1. The van der Waals surface area contributed by atoms with Gasteiger partial charge in [-0.2, -0.15) is 0 Å². The number of nitrogens with zero attached hydrogens (tertiary/aromatic N) is 2. The molecule has 9 heteroatoms. The number of benzene rings is 2. The zero-order valence-electron chi connectivity index (χ0n) is 19.5. The Balaban J connectivity index is 2.09. The SMILES string of the molecule is CC(C)NC(=O)[C@H](C)N(Cc1ccccc1Cl)C(=O)CCCN(C)S(=O)(=O)c1ccccc1. The highest BCUT2D eigenvalue weighted by atomic mass is 35.5. The van der Waals surface area contributed by atoms with Crippen LogP contribution in [0.15, 0.2) is 59.5 Å². The van der Waals surface area contributed by atoms with Crippen molar-refractivity contribution in [2.75, 3.05) is 13.6 Å². The first-order valence-electron chi connectivity index (χ1n) is 10.9. The summed E-state index contributed by atoms with van der Waals surface area (Å²) in [5, 5.41) is 3.35. The van der Waals surface area contributed by atoms with Crippen LogP contribution in [0.3, 0.4) is 0 Å². The van der Waals surface area contributed by atoms with Gasteiger partial charge in [0.15, 0.2) is 0 Å². The lowest BCUT2D eigenvalue weighted by atomic mass is 10.1. The maximum atomic E-state index is 13.1. The Kier molecular flexibility index (Phi) is 9.88. The van der Waals surface area contributed by atoms with Gasteiger partial charge in [0.05, 0.1) is 4.90 Å². The van der Waals surface area contributed by atoms with Crippen molar-refractivity contribution in [1.82, 2.24) is 14.5 Å². The molecule has 1 N–H and O–H groups in total. The lowest BCUT2D eigenvalue weighted by Crippen LogP contribution is -2.49. The van der Waals surface area contributed by atoms with Crippen molar-refractivity contribution < 1.29 is 18.0 Å². The molecule has 33 heavy (non-hydrogen) atoms. The molecule has 0 radical (unpaired) electrons. The van der Waals surface area contributed by atoms with Crippen LogP contribution in [0.25, 0.3) is 0 Å². The fourth-order valence-corrected chi connectivity index (χ4v) is 4.71. The monoisotopic (exact) mass is 493 g/mol. The lowest BCUT2D eigenvalue weighted by molar-refractivity contribution is -0.140. The molecule has 0 spiro atoms. The zero-order valence-corrected chi connectivity index (χ0v) is 21.1. The van der Waals surface area contributed by atoms with Crippen molar-refractivity contribution in [3.05, 3.63) is 65.2 Å². The summed E-state index contributed by atoms with van der Waals surface area (Å²) < 4.78 is 26.6. The molecule has 2 rings (SSSR count). The van der Waals surface area contributed by atoms with Crippen molar-refractivity contribution in [3.63, 3.8) is 0 Å². The topological polar surface area (TPSA) is 86.8 Å². The molecule has 0 saturated carbocycles. The standard InChI is InChI=1S/C24H32ClN3O4S/c1-18(2)26-24(30)19(3)28(17-20-11-8-9-14-22(20)25)23(29)15-10-16-27(4)33(31,32)21-12-6-5-7-13-21/h5-9,11-14,18-19H,10,15-17H2,1-4H3,(H,26,30)/t19-/m0/s1. The van der Waals surface area contributed by atoms with Gasteiger partial charge in [-0.15, -0.1) is 0 Å². The predicted molar refractivity (Wildman–Crippen MR) is 130 cm³/mol. The molecule has 1 atom stereocenters. The van der Waals surface area contributed by atoms with Crippen LogP contribution in [0.2, 0.25) is 5.02 Å². The van der Waals surface area contributed by atoms with Crippen LogP contribution in [0.1, 0.15) is 39.2 Å². The van der Waals surface area contributed by atoms with E-state index in [-0.39, 0.29) is 42.3 Å². The van der Waals surface area contributed by atoms with Gasteiger partial charge in [0.25, 0.3) is 0 Å². The smallest absolute Gasteiger partial charge is 0.242 e. The first kappa shape index (κ1) is 26.8. The van der Waals surface area contributed by atoms with Crippen LogP contribution in [-0.4, -0.2) is 55.1 Å². The van der Waals surface area contributed by atoms with E-state index >= 15 is 0 Å². The molecule has 2 aromatic rings. The van der Waals surface area contributed by atoms with Crippen molar-refractivity contribution in [1.29, 1.82) is 0 Å². The molecule has 0 fully saturated rings. The molecule has 2 amide bonds. The molecule has 0 heterocycles. The minimum Gasteiger partial charge on any atom is -0.352 e. The van der Waals surface area contributed by atoms with E-state index in [9.17, 15) is 18.0 Å². The molecule has 0 aliphatic heterocycles. The van der Waals surface area contributed by atoms with E-state index in [1.165, 1.54) is 28.4 Å².